The van der Waals surface area contributed by atoms with E-state index in [0.717, 1.165) is 11.1 Å². The molecule has 200 valence electrons. The van der Waals surface area contributed by atoms with E-state index in [1.165, 1.54) is 39.3 Å². The highest BCUT2D eigenvalue weighted by Gasteiger charge is 2.41. The number of halogens is 1. The zero-order valence-corrected chi connectivity index (χ0v) is 22.0. The number of thioether (sulfide) groups is 1. The Morgan fingerprint density at radius 3 is 2.67 bits per heavy atom. The fourth-order valence-electron chi connectivity index (χ4n) is 4.56. The number of amides is 2. The Balaban J connectivity index is 1.16. The Bertz CT molecular complexity index is 1750. The van der Waals surface area contributed by atoms with Crippen LogP contribution in [0.15, 0.2) is 93.8 Å². The van der Waals surface area contributed by atoms with Gasteiger partial charge in [0.2, 0.25) is 5.91 Å². The summed E-state index contributed by atoms with van der Waals surface area (Å²) >= 11 is 1.30. The van der Waals surface area contributed by atoms with E-state index in [9.17, 15) is 18.8 Å². The molecule has 11 heteroatoms. The van der Waals surface area contributed by atoms with Crippen LogP contribution in [0.2, 0.25) is 0 Å². The topological polar surface area (TPSA) is 108 Å². The van der Waals surface area contributed by atoms with Gasteiger partial charge in [0.25, 0.3) is 11.5 Å². The summed E-state index contributed by atoms with van der Waals surface area (Å²) < 4.78 is 14.6. The van der Waals surface area contributed by atoms with Crippen LogP contribution in [0.5, 0.6) is 0 Å². The first-order chi connectivity index (χ1) is 19.5. The van der Waals surface area contributed by atoms with E-state index in [2.05, 4.69) is 10.3 Å². The van der Waals surface area contributed by atoms with Gasteiger partial charge in [-0.2, -0.15) is 0 Å². The molecule has 2 aliphatic heterocycles. The summed E-state index contributed by atoms with van der Waals surface area (Å²) in [6.45, 7) is 0.269. The van der Waals surface area contributed by atoms with E-state index < -0.39 is 6.04 Å². The van der Waals surface area contributed by atoms with Gasteiger partial charge in [-0.3, -0.25) is 23.8 Å². The lowest BCUT2D eigenvalue weighted by atomic mass is 10.1. The molecule has 2 aromatic heterocycles. The van der Waals surface area contributed by atoms with Gasteiger partial charge >= 0.3 is 0 Å². The summed E-state index contributed by atoms with van der Waals surface area (Å²) in [5.74, 6) is 0.0139. The molecule has 0 fully saturated rings. The number of aromatic nitrogens is 2. The lowest BCUT2D eigenvalue weighted by Gasteiger charge is -2.25. The molecule has 1 N–H and O–H groups in total. The van der Waals surface area contributed by atoms with Crippen LogP contribution in [0.1, 0.15) is 29.7 Å². The van der Waals surface area contributed by atoms with Crippen LogP contribution >= 0.6 is 11.8 Å². The number of nitrogens with zero attached hydrogens (tertiary/aromatic N) is 5. The maximum atomic E-state index is 13.5. The number of carbonyl (C=O) groups is 2. The van der Waals surface area contributed by atoms with Crippen molar-refractivity contribution in [1.82, 2.24) is 19.6 Å². The highest BCUT2D eigenvalue weighted by Crippen LogP contribution is 2.34. The van der Waals surface area contributed by atoms with Gasteiger partial charge < -0.3 is 5.32 Å². The molecule has 6 rings (SSSR count). The minimum Gasteiger partial charge on any atom is -0.352 e. The third kappa shape index (κ3) is 5.15. The zero-order chi connectivity index (χ0) is 27.6. The number of carbonyl (C=O) groups excluding carboxylic acids is 2. The Kier molecular flexibility index (Phi) is 6.95. The van der Waals surface area contributed by atoms with Crippen molar-refractivity contribution in [3.8, 4) is 0 Å². The van der Waals surface area contributed by atoms with Crippen molar-refractivity contribution < 1.29 is 14.0 Å². The molecule has 0 bridgehead atoms. The zero-order valence-electron chi connectivity index (χ0n) is 21.2. The predicted octanol–water partition coefficient (Wildman–Crippen LogP) is 3.82. The highest BCUT2D eigenvalue weighted by atomic mass is 32.2. The van der Waals surface area contributed by atoms with Gasteiger partial charge in [-0.15, -0.1) is 0 Å². The van der Waals surface area contributed by atoms with Crippen molar-refractivity contribution in [2.75, 3.05) is 0 Å². The second kappa shape index (κ2) is 10.9. The van der Waals surface area contributed by atoms with Gasteiger partial charge in [-0.05, 0) is 48.4 Å². The largest absolute Gasteiger partial charge is 0.352 e. The molecule has 0 radical (unpaired) electrons. The molecular formula is C29H23FN6O3S. The minimum atomic E-state index is -0.730. The van der Waals surface area contributed by atoms with Crippen molar-refractivity contribution in [3.05, 3.63) is 112 Å². The lowest BCUT2D eigenvalue weighted by Crippen LogP contribution is -2.41. The first kappa shape index (κ1) is 25.6. The summed E-state index contributed by atoms with van der Waals surface area (Å²) in [7, 11) is 0. The van der Waals surface area contributed by atoms with E-state index in [0.29, 0.717) is 33.8 Å². The van der Waals surface area contributed by atoms with Gasteiger partial charge in [0, 0.05) is 36.5 Å². The van der Waals surface area contributed by atoms with Crippen molar-refractivity contribution in [2.45, 2.75) is 31.2 Å². The van der Waals surface area contributed by atoms with Crippen molar-refractivity contribution >= 4 is 45.9 Å². The summed E-state index contributed by atoms with van der Waals surface area (Å²) in [5, 5.41) is 3.25. The molecule has 1 atom stereocenters. The number of hydrogen-bond donors (Lipinski definition) is 1. The van der Waals surface area contributed by atoms with Gasteiger partial charge in [0.1, 0.15) is 23.3 Å². The van der Waals surface area contributed by atoms with Crippen molar-refractivity contribution in [3.63, 3.8) is 0 Å². The molecule has 0 saturated carbocycles. The molecule has 0 spiro atoms. The number of aliphatic imine (C=N–C) groups is 2. The van der Waals surface area contributed by atoms with Crippen LogP contribution < -0.4 is 10.9 Å². The number of para-hydroxylation sites is 1. The molecule has 2 aromatic carbocycles. The third-order valence-corrected chi connectivity index (χ3v) is 7.54. The maximum Gasteiger partial charge on any atom is 0.259 e. The molecule has 4 aromatic rings. The number of benzene rings is 2. The number of amidine groups is 2. The Labute approximate surface area is 232 Å². The third-order valence-electron chi connectivity index (χ3n) is 6.57. The predicted molar refractivity (Wildman–Crippen MR) is 151 cm³/mol. The van der Waals surface area contributed by atoms with Crippen LogP contribution in [-0.4, -0.2) is 43.1 Å². The van der Waals surface area contributed by atoms with E-state index in [1.807, 2.05) is 30.3 Å². The van der Waals surface area contributed by atoms with E-state index in [-0.39, 0.29) is 42.6 Å². The Morgan fingerprint density at radius 1 is 1.02 bits per heavy atom. The normalized spacial score (nSPS) is 15.9. The number of fused-ring (bicyclic) bond motifs is 4. The van der Waals surface area contributed by atoms with Crippen LogP contribution in [0.25, 0.3) is 5.65 Å². The molecule has 2 amide bonds. The lowest BCUT2D eigenvalue weighted by molar-refractivity contribution is -0.125. The maximum absolute atomic E-state index is 13.5. The summed E-state index contributed by atoms with van der Waals surface area (Å²) in [5.41, 5.74) is 3.14. The summed E-state index contributed by atoms with van der Waals surface area (Å²) in [4.78, 5) is 54.0. The second-order valence-corrected chi connectivity index (χ2v) is 10.2. The molecule has 2 aliphatic rings. The molecule has 0 unspecified atom stereocenters. The molecule has 0 aliphatic carbocycles. The van der Waals surface area contributed by atoms with Gasteiger partial charge in [0.05, 0.1) is 11.4 Å². The number of pyridine rings is 1. The SMILES string of the molecule is O=C(CC[C@H]1N=C2c3ccccc3N=C(SCc3cc(=O)n4ccccc4n3)N2C1=O)NCc1ccc(F)cc1. The first-order valence-corrected chi connectivity index (χ1v) is 13.7. The van der Waals surface area contributed by atoms with E-state index in [4.69, 9.17) is 9.98 Å². The van der Waals surface area contributed by atoms with Crippen LogP contribution in [-0.2, 0) is 21.9 Å². The molecular weight excluding hydrogens is 531 g/mol. The fraction of sp³-hybridized carbons (Fsp3) is 0.172. The Morgan fingerprint density at radius 2 is 1.82 bits per heavy atom. The molecule has 0 saturated heterocycles. The second-order valence-electron chi connectivity index (χ2n) is 9.30. The standard InChI is InChI=1S/C29H23FN6O3S/c30-19-10-8-18(9-11-19)16-31-25(37)13-12-23-28(39)36-27(33-23)21-5-1-2-6-22(21)34-29(36)40-17-20-15-26(38)35-14-4-3-7-24(35)32-20/h1-11,14-15,23H,12-13,16-17H2,(H,31,37)/t23-/m1/s1. The number of hydrogen-bond acceptors (Lipinski definition) is 7. The van der Waals surface area contributed by atoms with Crippen molar-refractivity contribution in [2.24, 2.45) is 9.98 Å². The van der Waals surface area contributed by atoms with E-state index >= 15 is 0 Å². The van der Waals surface area contributed by atoms with Crippen molar-refractivity contribution in [1.29, 1.82) is 0 Å². The van der Waals surface area contributed by atoms with E-state index in [1.54, 1.807) is 30.5 Å². The highest BCUT2D eigenvalue weighted by molar-refractivity contribution is 8.13. The first-order valence-electron chi connectivity index (χ1n) is 12.7. The Hall–Kier alpha value is -4.64. The van der Waals surface area contributed by atoms with Gasteiger partial charge in [-0.25, -0.2) is 19.3 Å². The van der Waals surface area contributed by atoms with Gasteiger partial charge in [-0.1, -0.05) is 42.1 Å². The molecule has 4 heterocycles. The molecule has 9 nitrogen and oxygen atoms in total. The van der Waals surface area contributed by atoms with Gasteiger partial charge in [0.15, 0.2) is 5.17 Å². The minimum absolute atomic E-state index is 0.106. The van der Waals surface area contributed by atoms with Crippen LogP contribution in [0.3, 0.4) is 0 Å². The number of nitrogens with one attached hydrogen (secondary N) is 1. The average molecular weight is 555 g/mol. The number of rotatable bonds is 7. The molecule has 40 heavy (non-hydrogen) atoms. The summed E-state index contributed by atoms with van der Waals surface area (Å²) in [6.07, 6.45) is 2.00. The van der Waals surface area contributed by atoms with Crippen LogP contribution in [0, 0.1) is 5.82 Å². The fourth-order valence-corrected chi connectivity index (χ4v) is 5.45. The summed E-state index contributed by atoms with van der Waals surface area (Å²) in [6, 6.07) is 19.5. The quantitative estimate of drug-likeness (QED) is 0.374. The smallest absolute Gasteiger partial charge is 0.259 e. The average Bonchev–Trinajstić information content (AvgIpc) is 3.31. The van der Waals surface area contributed by atoms with Crippen LogP contribution in [0.4, 0.5) is 10.1 Å². The monoisotopic (exact) mass is 554 g/mol.